The zero-order valence-corrected chi connectivity index (χ0v) is 16.3. The van der Waals surface area contributed by atoms with Gasteiger partial charge < -0.3 is 14.5 Å². The smallest absolute Gasteiger partial charge is 0.253 e. The predicted molar refractivity (Wildman–Crippen MR) is 109 cm³/mol. The number of rotatable bonds is 6. The summed E-state index contributed by atoms with van der Waals surface area (Å²) in [7, 11) is 1.86. The molecule has 0 aromatic heterocycles. The second kappa shape index (κ2) is 9.10. The third-order valence-corrected chi connectivity index (χ3v) is 5.21. The number of morpholine rings is 1. The van der Waals surface area contributed by atoms with Crippen molar-refractivity contribution in [2.24, 2.45) is 0 Å². The molecule has 26 heavy (non-hydrogen) atoms. The topological polar surface area (TPSA) is 32.8 Å². The Morgan fingerprint density at radius 1 is 1.04 bits per heavy atom. The second-order valence-corrected chi connectivity index (χ2v) is 7.42. The Balaban J connectivity index is 1.59. The zero-order chi connectivity index (χ0) is 18.4. The normalized spacial score (nSPS) is 14.3. The van der Waals surface area contributed by atoms with Gasteiger partial charge >= 0.3 is 0 Å². The van der Waals surface area contributed by atoms with Gasteiger partial charge in [-0.15, -0.1) is 0 Å². The third kappa shape index (κ3) is 4.80. The maximum Gasteiger partial charge on any atom is 0.253 e. The molecule has 5 heteroatoms. The molecular formula is C21H26N2O2S. The molecule has 2 aromatic rings. The molecule has 0 atom stereocenters. The molecule has 0 saturated carbocycles. The fourth-order valence-corrected chi connectivity index (χ4v) is 3.64. The van der Waals surface area contributed by atoms with Crippen LogP contribution >= 0.6 is 11.8 Å². The van der Waals surface area contributed by atoms with Gasteiger partial charge in [-0.3, -0.25) is 4.79 Å². The van der Waals surface area contributed by atoms with Gasteiger partial charge in [-0.05, 0) is 41.6 Å². The van der Waals surface area contributed by atoms with Crippen LogP contribution in [0.15, 0.2) is 48.5 Å². The summed E-state index contributed by atoms with van der Waals surface area (Å²) < 4.78 is 5.40. The Bertz CT molecular complexity index is 710. The number of hydrogen-bond acceptors (Lipinski definition) is 4. The maximum atomic E-state index is 12.6. The lowest BCUT2D eigenvalue weighted by Gasteiger charge is -2.29. The van der Waals surface area contributed by atoms with Gasteiger partial charge in [0.1, 0.15) is 0 Å². The van der Waals surface area contributed by atoms with Crippen molar-refractivity contribution in [2.45, 2.75) is 12.3 Å². The van der Waals surface area contributed by atoms with Crippen molar-refractivity contribution in [3.63, 3.8) is 0 Å². The molecule has 0 bridgehead atoms. The van der Waals surface area contributed by atoms with Gasteiger partial charge in [-0.1, -0.05) is 24.3 Å². The Labute approximate surface area is 160 Å². The zero-order valence-electron chi connectivity index (χ0n) is 15.5. The van der Waals surface area contributed by atoms with E-state index in [1.165, 1.54) is 11.3 Å². The van der Waals surface area contributed by atoms with E-state index in [1.54, 1.807) is 16.7 Å². The van der Waals surface area contributed by atoms with Crippen molar-refractivity contribution in [3.05, 3.63) is 65.2 Å². The monoisotopic (exact) mass is 370 g/mol. The highest BCUT2D eigenvalue weighted by Gasteiger charge is 2.14. The van der Waals surface area contributed by atoms with Crippen molar-refractivity contribution >= 4 is 23.4 Å². The van der Waals surface area contributed by atoms with Crippen LogP contribution in [-0.4, -0.2) is 50.4 Å². The molecule has 1 heterocycles. The first-order valence-corrected chi connectivity index (χ1v) is 10.3. The van der Waals surface area contributed by atoms with Crippen molar-refractivity contribution in [3.8, 4) is 0 Å². The van der Waals surface area contributed by atoms with Crippen LogP contribution in [0.4, 0.5) is 5.69 Å². The number of benzene rings is 2. The van der Waals surface area contributed by atoms with Gasteiger partial charge in [0, 0.05) is 43.7 Å². The quantitative estimate of drug-likeness (QED) is 0.777. The van der Waals surface area contributed by atoms with E-state index >= 15 is 0 Å². The van der Waals surface area contributed by atoms with E-state index in [9.17, 15) is 4.79 Å². The minimum Gasteiger partial charge on any atom is -0.378 e. The fourth-order valence-electron chi connectivity index (χ4n) is 3.11. The SMILES string of the molecule is CSCc1ccc(C(=O)N(C)Cc2ccc(N3CCOCC3)cc2)cc1. The summed E-state index contributed by atoms with van der Waals surface area (Å²) in [5.41, 5.74) is 4.34. The summed E-state index contributed by atoms with van der Waals surface area (Å²) in [4.78, 5) is 16.7. The molecular weight excluding hydrogens is 344 g/mol. The Hall–Kier alpha value is -1.98. The van der Waals surface area contributed by atoms with Crippen molar-refractivity contribution in [1.29, 1.82) is 0 Å². The van der Waals surface area contributed by atoms with E-state index in [-0.39, 0.29) is 5.91 Å². The molecule has 1 fully saturated rings. The first kappa shape index (κ1) is 18.8. The van der Waals surface area contributed by atoms with E-state index in [1.807, 2.05) is 31.3 Å². The van der Waals surface area contributed by atoms with Crippen LogP contribution in [0.3, 0.4) is 0 Å². The Kier molecular flexibility index (Phi) is 6.58. The summed E-state index contributed by atoms with van der Waals surface area (Å²) in [5.74, 6) is 1.03. The average Bonchev–Trinajstić information content (AvgIpc) is 2.69. The van der Waals surface area contributed by atoms with Crippen LogP contribution in [-0.2, 0) is 17.0 Å². The van der Waals surface area contributed by atoms with Crippen LogP contribution in [0.1, 0.15) is 21.5 Å². The summed E-state index contributed by atoms with van der Waals surface area (Å²) in [6.45, 7) is 4.05. The Morgan fingerprint density at radius 3 is 2.27 bits per heavy atom. The van der Waals surface area contributed by atoms with E-state index < -0.39 is 0 Å². The minimum atomic E-state index is 0.0537. The molecule has 0 unspecified atom stereocenters. The number of anilines is 1. The van der Waals surface area contributed by atoms with Gasteiger partial charge in [-0.25, -0.2) is 0 Å². The molecule has 3 rings (SSSR count). The van der Waals surface area contributed by atoms with Crippen LogP contribution in [0.25, 0.3) is 0 Å². The number of nitrogens with zero attached hydrogens (tertiary/aromatic N) is 2. The highest BCUT2D eigenvalue weighted by molar-refractivity contribution is 7.97. The highest BCUT2D eigenvalue weighted by atomic mass is 32.2. The van der Waals surface area contributed by atoms with Crippen molar-refractivity contribution in [2.75, 3.05) is 44.5 Å². The van der Waals surface area contributed by atoms with Gasteiger partial charge in [0.15, 0.2) is 0 Å². The maximum absolute atomic E-state index is 12.6. The van der Waals surface area contributed by atoms with Crippen LogP contribution in [0.2, 0.25) is 0 Å². The number of carbonyl (C=O) groups excluding carboxylic acids is 1. The van der Waals surface area contributed by atoms with Crippen LogP contribution in [0, 0.1) is 0 Å². The molecule has 0 spiro atoms. The van der Waals surface area contributed by atoms with Crippen LogP contribution in [0.5, 0.6) is 0 Å². The van der Waals surface area contributed by atoms with Crippen LogP contribution < -0.4 is 4.90 Å². The van der Waals surface area contributed by atoms with E-state index in [0.717, 1.165) is 43.2 Å². The summed E-state index contributed by atoms with van der Waals surface area (Å²) >= 11 is 1.78. The molecule has 2 aromatic carbocycles. The molecule has 1 aliphatic rings. The van der Waals surface area contributed by atoms with Gasteiger partial charge in [0.25, 0.3) is 5.91 Å². The fraction of sp³-hybridized carbons (Fsp3) is 0.381. The summed E-state index contributed by atoms with van der Waals surface area (Å²) in [6.07, 6.45) is 2.08. The third-order valence-electron chi connectivity index (χ3n) is 4.59. The van der Waals surface area contributed by atoms with E-state index in [2.05, 4.69) is 35.4 Å². The molecule has 1 aliphatic heterocycles. The summed E-state index contributed by atoms with van der Waals surface area (Å²) in [5, 5.41) is 0. The highest BCUT2D eigenvalue weighted by Crippen LogP contribution is 2.18. The molecule has 0 radical (unpaired) electrons. The number of ether oxygens (including phenoxy) is 1. The predicted octanol–water partition coefficient (Wildman–Crippen LogP) is 3.66. The average molecular weight is 371 g/mol. The molecule has 1 amide bonds. The molecule has 4 nitrogen and oxygen atoms in total. The van der Waals surface area contributed by atoms with Gasteiger partial charge in [0.05, 0.1) is 13.2 Å². The van der Waals surface area contributed by atoms with Gasteiger partial charge in [0.2, 0.25) is 0 Å². The first-order valence-electron chi connectivity index (χ1n) is 8.92. The lowest BCUT2D eigenvalue weighted by molar-refractivity contribution is 0.0785. The standard InChI is InChI=1S/C21H26N2O2S/c1-22(21(24)19-7-3-18(4-8-19)16-26-2)15-17-5-9-20(10-6-17)23-11-13-25-14-12-23/h3-10H,11-16H2,1-2H3. The number of hydrogen-bond donors (Lipinski definition) is 0. The van der Waals surface area contributed by atoms with Crippen molar-refractivity contribution in [1.82, 2.24) is 4.90 Å². The number of thioether (sulfide) groups is 1. The lowest BCUT2D eigenvalue weighted by atomic mass is 10.1. The second-order valence-electron chi connectivity index (χ2n) is 6.56. The lowest BCUT2D eigenvalue weighted by Crippen LogP contribution is -2.36. The molecule has 0 aliphatic carbocycles. The molecule has 138 valence electrons. The summed E-state index contributed by atoms with van der Waals surface area (Å²) in [6, 6.07) is 16.4. The number of amides is 1. The van der Waals surface area contributed by atoms with E-state index in [0.29, 0.717) is 6.54 Å². The molecule has 1 saturated heterocycles. The minimum absolute atomic E-state index is 0.0537. The first-order chi connectivity index (χ1) is 12.7. The van der Waals surface area contributed by atoms with E-state index in [4.69, 9.17) is 4.74 Å². The van der Waals surface area contributed by atoms with Crippen molar-refractivity contribution < 1.29 is 9.53 Å². The number of carbonyl (C=O) groups is 1. The largest absolute Gasteiger partial charge is 0.378 e. The van der Waals surface area contributed by atoms with Gasteiger partial charge in [-0.2, -0.15) is 11.8 Å². The molecule has 0 N–H and O–H groups in total. The Morgan fingerprint density at radius 2 is 1.65 bits per heavy atom.